The van der Waals surface area contributed by atoms with Gasteiger partial charge >= 0.3 is 10.2 Å². The van der Waals surface area contributed by atoms with Crippen LogP contribution in [0.25, 0.3) is 0 Å². The van der Waals surface area contributed by atoms with E-state index in [0.29, 0.717) is 25.2 Å². The van der Waals surface area contributed by atoms with Crippen LogP contribution in [0.2, 0.25) is 0 Å². The standard InChI is InChI=1S/C13H17N3O3S/c17-11-4-1-6-12-7-5-8-13(14-12)15-20(18,19)16-9-2-3-10-16/h5,7-8,17H,2-4,9-11H2,(H,14,15). The number of anilines is 1. The largest absolute Gasteiger partial charge is 0.395 e. The summed E-state index contributed by atoms with van der Waals surface area (Å²) in [5, 5.41) is 8.65. The molecule has 7 heteroatoms. The van der Waals surface area contributed by atoms with Crippen molar-refractivity contribution in [2.45, 2.75) is 19.3 Å². The summed E-state index contributed by atoms with van der Waals surface area (Å²) < 4.78 is 28.0. The highest BCUT2D eigenvalue weighted by Gasteiger charge is 2.25. The zero-order chi connectivity index (χ0) is 14.4. The molecule has 2 N–H and O–H groups in total. The second kappa shape index (κ2) is 6.70. The number of aliphatic hydroxyl groups excluding tert-OH is 1. The van der Waals surface area contributed by atoms with Crippen LogP contribution in [-0.4, -0.2) is 42.5 Å². The SMILES string of the molecule is O=S(=O)(Nc1cccc(C#CCCO)n1)N1CCCC1. The number of aliphatic hydroxyl groups is 1. The Kier molecular flexibility index (Phi) is 4.95. The van der Waals surface area contributed by atoms with Crippen molar-refractivity contribution >= 4 is 16.0 Å². The first-order chi connectivity index (χ1) is 9.62. The molecule has 0 saturated carbocycles. The summed E-state index contributed by atoms with van der Waals surface area (Å²) in [4.78, 5) is 4.13. The average Bonchev–Trinajstić information content (AvgIpc) is 2.94. The first-order valence-corrected chi connectivity index (χ1v) is 7.90. The van der Waals surface area contributed by atoms with Crippen LogP contribution in [0.15, 0.2) is 18.2 Å². The molecule has 0 atom stereocenters. The van der Waals surface area contributed by atoms with E-state index in [4.69, 9.17) is 5.11 Å². The number of pyridine rings is 1. The molecule has 1 aliphatic rings. The molecule has 0 amide bonds. The van der Waals surface area contributed by atoms with Gasteiger partial charge in [0.15, 0.2) is 0 Å². The molecular formula is C13H17N3O3S. The van der Waals surface area contributed by atoms with Gasteiger partial charge < -0.3 is 5.11 Å². The van der Waals surface area contributed by atoms with Gasteiger partial charge in [0.1, 0.15) is 11.5 Å². The van der Waals surface area contributed by atoms with Crippen molar-refractivity contribution in [3.05, 3.63) is 23.9 Å². The molecule has 0 bridgehead atoms. The smallest absolute Gasteiger partial charge is 0.302 e. The van der Waals surface area contributed by atoms with E-state index in [0.717, 1.165) is 12.8 Å². The zero-order valence-corrected chi connectivity index (χ0v) is 11.9. The average molecular weight is 295 g/mol. The summed E-state index contributed by atoms with van der Waals surface area (Å²) in [6.07, 6.45) is 2.15. The molecule has 2 heterocycles. The maximum Gasteiger partial charge on any atom is 0.302 e. The molecule has 2 rings (SSSR count). The first-order valence-electron chi connectivity index (χ1n) is 6.46. The summed E-state index contributed by atoms with van der Waals surface area (Å²) >= 11 is 0. The van der Waals surface area contributed by atoms with Gasteiger partial charge in [-0.05, 0) is 30.9 Å². The minimum absolute atomic E-state index is 0.00567. The highest BCUT2D eigenvalue weighted by molar-refractivity contribution is 7.90. The number of aromatic nitrogens is 1. The summed E-state index contributed by atoms with van der Waals surface area (Å²) in [5.41, 5.74) is 0.472. The summed E-state index contributed by atoms with van der Waals surface area (Å²) in [5.74, 6) is 5.78. The number of hydrogen-bond donors (Lipinski definition) is 2. The van der Waals surface area contributed by atoms with Crippen LogP contribution >= 0.6 is 0 Å². The van der Waals surface area contributed by atoms with Crippen LogP contribution in [0.4, 0.5) is 5.82 Å². The molecule has 0 radical (unpaired) electrons. The highest BCUT2D eigenvalue weighted by Crippen LogP contribution is 2.15. The molecule has 1 aliphatic heterocycles. The number of hydrogen-bond acceptors (Lipinski definition) is 4. The molecule has 20 heavy (non-hydrogen) atoms. The number of nitrogens with one attached hydrogen (secondary N) is 1. The lowest BCUT2D eigenvalue weighted by molar-refractivity contribution is 0.305. The molecule has 1 aromatic heterocycles. The van der Waals surface area contributed by atoms with Crippen LogP contribution in [0.3, 0.4) is 0 Å². The Labute approximate surface area is 119 Å². The van der Waals surface area contributed by atoms with Gasteiger partial charge in [-0.3, -0.25) is 4.72 Å². The van der Waals surface area contributed by atoms with Gasteiger partial charge in [-0.25, -0.2) is 4.98 Å². The van der Waals surface area contributed by atoms with E-state index >= 15 is 0 Å². The van der Waals surface area contributed by atoms with Gasteiger partial charge in [0, 0.05) is 19.5 Å². The third-order valence-corrected chi connectivity index (χ3v) is 4.35. The third kappa shape index (κ3) is 3.93. The van der Waals surface area contributed by atoms with E-state index in [9.17, 15) is 8.42 Å². The second-order valence-corrected chi connectivity index (χ2v) is 6.07. The topological polar surface area (TPSA) is 82.5 Å². The molecule has 1 fully saturated rings. The zero-order valence-electron chi connectivity index (χ0n) is 11.0. The fourth-order valence-corrected chi connectivity index (χ4v) is 3.14. The Balaban J connectivity index is 2.10. The van der Waals surface area contributed by atoms with Crippen LogP contribution in [0, 0.1) is 11.8 Å². The lowest BCUT2D eigenvalue weighted by atomic mass is 10.3. The Morgan fingerprint density at radius 3 is 2.80 bits per heavy atom. The van der Waals surface area contributed by atoms with Gasteiger partial charge in [-0.15, -0.1) is 0 Å². The van der Waals surface area contributed by atoms with Crippen molar-refractivity contribution in [2.24, 2.45) is 0 Å². The lowest BCUT2D eigenvalue weighted by Crippen LogP contribution is -2.33. The minimum atomic E-state index is -3.52. The van der Waals surface area contributed by atoms with Crippen molar-refractivity contribution in [1.82, 2.24) is 9.29 Å². The molecule has 0 aliphatic carbocycles. The van der Waals surface area contributed by atoms with E-state index < -0.39 is 10.2 Å². The van der Waals surface area contributed by atoms with Gasteiger partial charge in [-0.1, -0.05) is 12.0 Å². The van der Waals surface area contributed by atoms with Crippen LogP contribution in [0.1, 0.15) is 25.0 Å². The molecule has 108 valence electrons. The van der Waals surface area contributed by atoms with E-state index in [1.165, 1.54) is 4.31 Å². The Hall–Kier alpha value is -1.62. The van der Waals surface area contributed by atoms with Gasteiger partial charge in [0.2, 0.25) is 0 Å². The third-order valence-electron chi connectivity index (χ3n) is 2.84. The Morgan fingerprint density at radius 2 is 2.10 bits per heavy atom. The van der Waals surface area contributed by atoms with Crippen molar-refractivity contribution < 1.29 is 13.5 Å². The van der Waals surface area contributed by atoms with Crippen LogP contribution < -0.4 is 4.72 Å². The summed E-state index contributed by atoms with van der Waals surface area (Å²) in [6.45, 7) is 1.09. The number of nitrogens with zero attached hydrogens (tertiary/aromatic N) is 2. The first kappa shape index (κ1) is 14.8. The minimum Gasteiger partial charge on any atom is -0.395 e. The van der Waals surface area contributed by atoms with Crippen molar-refractivity contribution in [1.29, 1.82) is 0 Å². The van der Waals surface area contributed by atoms with Crippen molar-refractivity contribution in [3.63, 3.8) is 0 Å². The van der Waals surface area contributed by atoms with E-state index in [2.05, 4.69) is 21.5 Å². The fourth-order valence-electron chi connectivity index (χ4n) is 1.90. The van der Waals surface area contributed by atoms with E-state index in [-0.39, 0.29) is 12.4 Å². The van der Waals surface area contributed by atoms with Crippen molar-refractivity contribution in [3.8, 4) is 11.8 Å². The van der Waals surface area contributed by atoms with Crippen molar-refractivity contribution in [2.75, 3.05) is 24.4 Å². The Morgan fingerprint density at radius 1 is 1.35 bits per heavy atom. The molecular weight excluding hydrogens is 278 g/mol. The molecule has 0 aromatic carbocycles. The molecule has 0 unspecified atom stereocenters. The normalized spacial score (nSPS) is 15.7. The molecule has 6 nitrogen and oxygen atoms in total. The molecule has 1 saturated heterocycles. The molecule has 0 spiro atoms. The van der Waals surface area contributed by atoms with Crippen LogP contribution in [0.5, 0.6) is 0 Å². The Bertz CT molecular complexity index is 613. The quantitative estimate of drug-likeness (QED) is 0.796. The summed E-state index contributed by atoms with van der Waals surface area (Å²) in [6, 6.07) is 4.97. The fraction of sp³-hybridized carbons (Fsp3) is 0.462. The van der Waals surface area contributed by atoms with E-state index in [1.807, 2.05) is 0 Å². The van der Waals surface area contributed by atoms with E-state index in [1.54, 1.807) is 18.2 Å². The second-order valence-electron chi connectivity index (χ2n) is 4.40. The van der Waals surface area contributed by atoms with Gasteiger partial charge in [0.05, 0.1) is 6.61 Å². The maximum atomic E-state index is 12.1. The predicted octanol–water partition coefficient (Wildman–Crippen LogP) is 0.568. The summed E-state index contributed by atoms with van der Waals surface area (Å²) in [7, 11) is -3.52. The highest BCUT2D eigenvalue weighted by atomic mass is 32.2. The van der Waals surface area contributed by atoms with Crippen LogP contribution in [-0.2, 0) is 10.2 Å². The van der Waals surface area contributed by atoms with Gasteiger partial charge in [-0.2, -0.15) is 12.7 Å². The predicted molar refractivity (Wildman–Crippen MR) is 76.2 cm³/mol. The maximum absolute atomic E-state index is 12.1. The molecule has 1 aromatic rings. The lowest BCUT2D eigenvalue weighted by Gasteiger charge is -2.16. The monoisotopic (exact) mass is 295 g/mol. The van der Waals surface area contributed by atoms with Gasteiger partial charge in [0.25, 0.3) is 0 Å². The number of rotatable bonds is 4.